The minimum absolute atomic E-state index is 0.0386. The van der Waals surface area contributed by atoms with Gasteiger partial charge in [0.15, 0.2) is 0 Å². The number of benzene rings is 3. The van der Waals surface area contributed by atoms with E-state index in [1.54, 1.807) is 73.1 Å². The Labute approximate surface area is 381 Å². The van der Waals surface area contributed by atoms with Crippen LogP contribution >= 0.6 is 23.2 Å². The summed E-state index contributed by atoms with van der Waals surface area (Å²) >= 11 is 11.3. The lowest BCUT2D eigenvalue weighted by molar-refractivity contribution is -0.137. The van der Waals surface area contributed by atoms with Gasteiger partial charge in [0.2, 0.25) is 19.2 Å². The third kappa shape index (κ3) is 12.4. The molecule has 6 heterocycles. The third-order valence-electron chi connectivity index (χ3n) is 8.59. The topological polar surface area (TPSA) is 218 Å². The summed E-state index contributed by atoms with van der Waals surface area (Å²) in [6.07, 6.45) is 3.82. The van der Waals surface area contributed by atoms with E-state index < -0.39 is 22.8 Å². The minimum Gasteiger partial charge on any atom is -0.457 e. The van der Waals surface area contributed by atoms with Crippen LogP contribution in [0, 0.1) is 0 Å². The average Bonchev–Trinajstić information content (AvgIpc) is 4.17. The van der Waals surface area contributed by atoms with Gasteiger partial charge in [-0.05, 0) is 91.0 Å². The van der Waals surface area contributed by atoms with Crippen molar-refractivity contribution in [1.82, 2.24) is 45.5 Å². The number of nitrogens with zero attached hydrogens (tertiary/aromatic N) is 10. The number of carbonyl (C=O) groups excluding carboxylic acids is 1. The van der Waals surface area contributed by atoms with Crippen molar-refractivity contribution < 1.29 is 40.7 Å². The van der Waals surface area contributed by atoms with Gasteiger partial charge in [0, 0.05) is 66.9 Å². The zero-order valence-corrected chi connectivity index (χ0v) is 35.6. The Balaban J connectivity index is 0.000000169. The molecule has 334 valence electrons. The van der Waals surface area contributed by atoms with Crippen LogP contribution in [0.2, 0.25) is 10.0 Å². The molecule has 0 aliphatic carbocycles. The SMILES string of the molecule is CN(C(=O)Nc1ccc(Cl)c(C(F)(F)F)c1)c1ccc(Oc2ccnc(-c3nnco3)c2)cc1.CNc1ccc(Oc2ccnc(-c3nnco3)c2)cc1.Clc1ccnc(-c2nnco2)c1. The number of halogens is 5. The first-order chi connectivity index (χ1) is 31.9. The fraction of sp³-hybridized carbons (Fsp3) is 0.0698. The predicted octanol–water partition coefficient (Wildman–Crippen LogP) is 11.0. The molecule has 0 radical (unpaired) electrons. The standard InChI is InChI=1S/C22H15ClF3N5O3.C14H12N4O2.C7H4ClN3O/c1-31(21(32)29-13-2-7-18(23)17(10-13)22(24,25)26)14-3-5-15(6-4-14)34-16-8-9-27-19(11-16)20-30-28-12-33-20;1-15-10-2-4-11(5-3-10)20-12-6-7-16-13(8-12)14-18-17-9-19-14;8-5-1-2-9-6(3-5)7-11-10-4-12-7/h2-12H,1H3,(H,29,32);2-9,15H,1H3;1-4H. The van der Waals surface area contributed by atoms with Crippen molar-refractivity contribution in [2.75, 3.05) is 29.6 Å². The van der Waals surface area contributed by atoms with Gasteiger partial charge in [0.1, 0.15) is 40.1 Å². The molecule has 18 nitrogen and oxygen atoms in total. The summed E-state index contributed by atoms with van der Waals surface area (Å²) in [5.41, 5.74) is 2.04. The average molecular weight is 940 g/mol. The Morgan fingerprint density at radius 2 is 1.08 bits per heavy atom. The minimum atomic E-state index is -4.64. The van der Waals surface area contributed by atoms with Gasteiger partial charge < -0.3 is 33.4 Å². The summed E-state index contributed by atoms with van der Waals surface area (Å²) in [6.45, 7) is 0. The molecule has 0 unspecified atom stereocenters. The fourth-order valence-corrected chi connectivity index (χ4v) is 5.79. The van der Waals surface area contributed by atoms with Crippen LogP contribution in [0.5, 0.6) is 23.0 Å². The highest BCUT2D eigenvalue weighted by Gasteiger charge is 2.33. The van der Waals surface area contributed by atoms with Crippen LogP contribution in [-0.2, 0) is 6.18 Å². The van der Waals surface area contributed by atoms with E-state index in [0.717, 1.165) is 23.6 Å². The predicted molar refractivity (Wildman–Crippen MR) is 234 cm³/mol. The summed E-state index contributed by atoms with van der Waals surface area (Å²) in [4.78, 5) is 26.1. The molecule has 66 heavy (non-hydrogen) atoms. The summed E-state index contributed by atoms with van der Waals surface area (Å²) in [5, 5.41) is 27.7. The molecule has 0 spiro atoms. The van der Waals surface area contributed by atoms with E-state index in [1.165, 1.54) is 43.4 Å². The molecule has 2 amide bonds. The van der Waals surface area contributed by atoms with E-state index in [9.17, 15) is 18.0 Å². The summed E-state index contributed by atoms with van der Waals surface area (Å²) in [7, 11) is 3.35. The van der Waals surface area contributed by atoms with Gasteiger partial charge in [-0.2, -0.15) is 13.2 Å². The van der Waals surface area contributed by atoms with E-state index in [-0.39, 0.29) is 11.6 Å². The van der Waals surface area contributed by atoms with E-state index in [4.69, 9.17) is 45.9 Å². The highest BCUT2D eigenvalue weighted by atomic mass is 35.5. The van der Waals surface area contributed by atoms with Crippen molar-refractivity contribution in [1.29, 1.82) is 0 Å². The van der Waals surface area contributed by atoms with E-state index in [2.05, 4.69) is 56.2 Å². The van der Waals surface area contributed by atoms with Gasteiger partial charge in [-0.3, -0.25) is 19.9 Å². The first-order valence-corrected chi connectivity index (χ1v) is 19.7. The van der Waals surface area contributed by atoms with Crippen molar-refractivity contribution in [3.63, 3.8) is 0 Å². The Kier molecular flexibility index (Phi) is 14.7. The largest absolute Gasteiger partial charge is 0.457 e. The van der Waals surface area contributed by atoms with Crippen LogP contribution in [0.1, 0.15) is 5.56 Å². The van der Waals surface area contributed by atoms with Crippen molar-refractivity contribution in [2.45, 2.75) is 6.18 Å². The number of urea groups is 1. The number of aromatic nitrogens is 9. The molecule has 6 aromatic heterocycles. The Morgan fingerprint density at radius 3 is 1.53 bits per heavy atom. The van der Waals surface area contributed by atoms with Crippen molar-refractivity contribution in [3.05, 3.63) is 157 Å². The smallest absolute Gasteiger partial charge is 0.417 e. The monoisotopic (exact) mass is 938 g/mol. The zero-order valence-electron chi connectivity index (χ0n) is 34.1. The maximum atomic E-state index is 13.0. The second-order valence-electron chi connectivity index (χ2n) is 13.0. The summed E-state index contributed by atoms with van der Waals surface area (Å²) in [6, 6.07) is 26.8. The Morgan fingerprint density at radius 1 is 0.606 bits per heavy atom. The molecular weight excluding hydrogens is 908 g/mol. The lowest BCUT2D eigenvalue weighted by atomic mass is 10.2. The Hall–Kier alpha value is -8.43. The third-order valence-corrected chi connectivity index (χ3v) is 9.15. The molecular formula is C43H31Cl2F3N12O6. The lowest BCUT2D eigenvalue weighted by Crippen LogP contribution is -2.31. The van der Waals surface area contributed by atoms with Crippen molar-refractivity contribution in [3.8, 4) is 57.8 Å². The van der Waals surface area contributed by atoms with Crippen LogP contribution in [-0.4, -0.2) is 65.7 Å². The highest BCUT2D eigenvalue weighted by molar-refractivity contribution is 6.31. The molecule has 0 bridgehead atoms. The van der Waals surface area contributed by atoms with E-state index in [1.807, 2.05) is 31.3 Å². The van der Waals surface area contributed by atoms with Gasteiger partial charge in [-0.1, -0.05) is 23.2 Å². The zero-order chi connectivity index (χ0) is 46.5. The number of hydrogen-bond acceptors (Lipinski definition) is 16. The molecule has 0 saturated heterocycles. The molecule has 0 saturated carbocycles. The van der Waals surface area contributed by atoms with Gasteiger partial charge >= 0.3 is 12.2 Å². The number of nitrogens with one attached hydrogen (secondary N) is 2. The van der Waals surface area contributed by atoms with Crippen LogP contribution in [0.3, 0.4) is 0 Å². The van der Waals surface area contributed by atoms with Crippen LogP contribution in [0.4, 0.5) is 35.0 Å². The summed E-state index contributed by atoms with van der Waals surface area (Å²) < 4.78 is 65.8. The molecule has 0 aliphatic heterocycles. The van der Waals surface area contributed by atoms with Gasteiger partial charge in [0.25, 0.3) is 17.7 Å². The molecule has 9 rings (SSSR count). The lowest BCUT2D eigenvalue weighted by Gasteiger charge is -2.19. The maximum Gasteiger partial charge on any atom is 0.417 e. The molecule has 0 aliphatic rings. The number of amides is 2. The first kappa shape index (κ1) is 45.6. The van der Waals surface area contributed by atoms with Crippen LogP contribution in [0.25, 0.3) is 34.8 Å². The number of anilines is 3. The second kappa shape index (κ2) is 21.3. The Bertz CT molecular complexity index is 2950. The molecule has 0 fully saturated rings. The fourth-order valence-electron chi connectivity index (χ4n) is 5.40. The number of hydrogen-bond donors (Lipinski definition) is 2. The quantitative estimate of drug-likeness (QED) is 0.130. The molecule has 23 heteroatoms. The van der Waals surface area contributed by atoms with Gasteiger partial charge in [-0.25, -0.2) is 4.79 Å². The maximum absolute atomic E-state index is 13.0. The number of pyridine rings is 3. The number of alkyl halides is 3. The summed E-state index contributed by atoms with van der Waals surface area (Å²) in [5.74, 6) is 3.34. The van der Waals surface area contributed by atoms with Crippen molar-refractivity contribution >= 4 is 46.3 Å². The molecule has 9 aromatic rings. The van der Waals surface area contributed by atoms with Gasteiger partial charge in [0.05, 0.1) is 10.6 Å². The van der Waals surface area contributed by atoms with Crippen LogP contribution < -0.4 is 25.0 Å². The van der Waals surface area contributed by atoms with Crippen molar-refractivity contribution in [2.24, 2.45) is 0 Å². The second-order valence-corrected chi connectivity index (χ2v) is 13.8. The number of ether oxygens (including phenoxy) is 2. The first-order valence-electron chi connectivity index (χ1n) is 18.9. The molecule has 0 atom stereocenters. The normalized spacial score (nSPS) is 10.7. The molecule has 3 aromatic carbocycles. The number of rotatable bonds is 10. The number of carbonyl (C=O) groups is 1. The van der Waals surface area contributed by atoms with Crippen LogP contribution in [0.15, 0.2) is 154 Å². The van der Waals surface area contributed by atoms with Gasteiger partial charge in [-0.15, -0.1) is 30.6 Å². The van der Waals surface area contributed by atoms with E-state index >= 15 is 0 Å². The highest BCUT2D eigenvalue weighted by Crippen LogP contribution is 2.36. The van der Waals surface area contributed by atoms with E-state index in [0.29, 0.717) is 56.8 Å². The molecule has 2 N–H and O–H groups in total.